The Bertz CT molecular complexity index is 306. The second-order valence-electron chi connectivity index (χ2n) is 4.91. The highest BCUT2D eigenvalue weighted by Crippen LogP contribution is 2.46. The summed E-state index contributed by atoms with van der Waals surface area (Å²) in [6, 6.07) is 0. The SMILES string of the molecule is C1=CCC2CCC3CC=CCC3C2=C1. The summed E-state index contributed by atoms with van der Waals surface area (Å²) in [6.45, 7) is 0. The molecule has 1 saturated carbocycles. The van der Waals surface area contributed by atoms with Gasteiger partial charge in [-0.2, -0.15) is 0 Å². The van der Waals surface area contributed by atoms with E-state index in [1.54, 1.807) is 5.57 Å². The Labute approximate surface area is 86.4 Å². The highest BCUT2D eigenvalue weighted by molar-refractivity contribution is 5.27. The van der Waals surface area contributed by atoms with E-state index in [-0.39, 0.29) is 0 Å². The molecule has 0 aromatic heterocycles. The van der Waals surface area contributed by atoms with Crippen LogP contribution in [0.3, 0.4) is 0 Å². The van der Waals surface area contributed by atoms with E-state index in [0.717, 1.165) is 17.8 Å². The van der Waals surface area contributed by atoms with Crippen LogP contribution < -0.4 is 0 Å². The van der Waals surface area contributed by atoms with Crippen LogP contribution in [0.2, 0.25) is 0 Å². The molecule has 3 aliphatic carbocycles. The van der Waals surface area contributed by atoms with Crippen LogP contribution in [-0.4, -0.2) is 0 Å². The summed E-state index contributed by atoms with van der Waals surface area (Å²) >= 11 is 0. The van der Waals surface area contributed by atoms with E-state index in [1.165, 1.54) is 32.1 Å². The molecule has 0 saturated heterocycles. The molecule has 0 spiro atoms. The number of rotatable bonds is 0. The van der Waals surface area contributed by atoms with Crippen molar-refractivity contribution in [3.63, 3.8) is 0 Å². The van der Waals surface area contributed by atoms with E-state index < -0.39 is 0 Å². The minimum Gasteiger partial charge on any atom is -0.0882 e. The fourth-order valence-corrected chi connectivity index (χ4v) is 3.42. The first-order chi connectivity index (χ1) is 6.95. The van der Waals surface area contributed by atoms with Crippen molar-refractivity contribution < 1.29 is 0 Å². The summed E-state index contributed by atoms with van der Waals surface area (Å²) in [5, 5.41) is 0. The maximum Gasteiger partial charge on any atom is -0.0131 e. The van der Waals surface area contributed by atoms with Crippen LogP contribution in [-0.2, 0) is 0 Å². The van der Waals surface area contributed by atoms with Gasteiger partial charge in [0.15, 0.2) is 0 Å². The third-order valence-electron chi connectivity index (χ3n) is 4.20. The lowest BCUT2D eigenvalue weighted by Gasteiger charge is -2.40. The predicted molar refractivity (Wildman–Crippen MR) is 59.9 cm³/mol. The molecule has 3 atom stereocenters. The molecule has 0 nitrogen and oxygen atoms in total. The molecule has 3 aliphatic rings. The lowest BCUT2D eigenvalue weighted by Crippen LogP contribution is -2.29. The molecule has 1 fully saturated rings. The Balaban J connectivity index is 1.91. The largest absolute Gasteiger partial charge is 0.0882 e. The molecule has 0 aliphatic heterocycles. The van der Waals surface area contributed by atoms with Gasteiger partial charge in [-0.15, -0.1) is 0 Å². The van der Waals surface area contributed by atoms with Gasteiger partial charge in [-0.25, -0.2) is 0 Å². The van der Waals surface area contributed by atoms with E-state index in [4.69, 9.17) is 0 Å². The van der Waals surface area contributed by atoms with Crippen molar-refractivity contribution in [1.82, 2.24) is 0 Å². The summed E-state index contributed by atoms with van der Waals surface area (Å²) in [5.41, 5.74) is 1.77. The smallest absolute Gasteiger partial charge is 0.0131 e. The lowest BCUT2D eigenvalue weighted by molar-refractivity contribution is 0.250. The fourth-order valence-electron chi connectivity index (χ4n) is 3.42. The van der Waals surface area contributed by atoms with Crippen molar-refractivity contribution in [2.45, 2.75) is 32.1 Å². The second-order valence-corrected chi connectivity index (χ2v) is 4.91. The second kappa shape index (κ2) is 3.42. The normalized spacial score (nSPS) is 40.0. The van der Waals surface area contributed by atoms with Crippen LogP contribution >= 0.6 is 0 Å². The number of hydrogen-bond donors (Lipinski definition) is 0. The summed E-state index contributed by atoms with van der Waals surface area (Å²) < 4.78 is 0. The van der Waals surface area contributed by atoms with Crippen molar-refractivity contribution in [2.24, 2.45) is 17.8 Å². The lowest BCUT2D eigenvalue weighted by atomic mass is 9.64. The highest BCUT2D eigenvalue weighted by Gasteiger charge is 2.34. The molecule has 0 heteroatoms. The molecule has 0 aromatic rings. The van der Waals surface area contributed by atoms with E-state index in [2.05, 4.69) is 30.4 Å². The first-order valence-corrected chi connectivity index (χ1v) is 5.97. The van der Waals surface area contributed by atoms with Gasteiger partial charge in [0.2, 0.25) is 0 Å². The van der Waals surface area contributed by atoms with Gasteiger partial charge in [0.1, 0.15) is 0 Å². The summed E-state index contributed by atoms with van der Waals surface area (Å²) in [7, 11) is 0. The van der Waals surface area contributed by atoms with Gasteiger partial charge in [-0.05, 0) is 49.9 Å². The molecule has 0 radical (unpaired) electrons. The number of fused-ring (bicyclic) bond motifs is 3. The summed E-state index contributed by atoms with van der Waals surface area (Å²) in [6.07, 6.45) is 18.6. The van der Waals surface area contributed by atoms with E-state index in [0.29, 0.717) is 0 Å². The Morgan fingerprint density at radius 3 is 2.86 bits per heavy atom. The Kier molecular flexibility index (Phi) is 2.08. The van der Waals surface area contributed by atoms with Crippen molar-refractivity contribution in [1.29, 1.82) is 0 Å². The number of allylic oxidation sites excluding steroid dienone is 6. The molecular weight excluding hydrogens is 168 g/mol. The van der Waals surface area contributed by atoms with Crippen LogP contribution in [0.4, 0.5) is 0 Å². The molecule has 0 heterocycles. The summed E-state index contributed by atoms with van der Waals surface area (Å²) in [5.74, 6) is 2.76. The van der Waals surface area contributed by atoms with Crippen molar-refractivity contribution >= 4 is 0 Å². The zero-order chi connectivity index (χ0) is 9.38. The standard InChI is InChI=1S/C14H18/c1-3-7-13-11(5-1)9-10-12-6-2-4-8-14(12)13/h1-4,7,11-12,14H,5-6,8-10H2. The Morgan fingerprint density at radius 2 is 1.86 bits per heavy atom. The third-order valence-corrected chi connectivity index (χ3v) is 4.20. The van der Waals surface area contributed by atoms with Crippen molar-refractivity contribution in [3.8, 4) is 0 Å². The molecule has 3 rings (SSSR count). The molecule has 0 aromatic carbocycles. The average Bonchev–Trinajstić information content (AvgIpc) is 2.29. The van der Waals surface area contributed by atoms with Gasteiger partial charge in [-0.1, -0.05) is 36.0 Å². The Morgan fingerprint density at radius 1 is 0.929 bits per heavy atom. The molecule has 74 valence electrons. The maximum absolute atomic E-state index is 2.41. The van der Waals surface area contributed by atoms with E-state index in [1.807, 2.05) is 0 Å². The van der Waals surface area contributed by atoms with Gasteiger partial charge in [0, 0.05) is 0 Å². The van der Waals surface area contributed by atoms with Crippen molar-refractivity contribution in [3.05, 3.63) is 36.0 Å². The predicted octanol–water partition coefficient (Wildman–Crippen LogP) is 3.87. The Hall–Kier alpha value is -0.780. The van der Waals surface area contributed by atoms with Crippen LogP contribution in [0.15, 0.2) is 36.0 Å². The molecule has 0 bridgehead atoms. The minimum atomic E-state index is 0.892. The third kappa shape index (κ3) is 1.28. The van der Waals surface area contributed by atoms with Crippen LogP contribution in [0, 0.1) is 17.8 Å². The molecular formula is C14H18. The first kappa shape index (κ1) is 8.52. The highest BCUT2D eigenvalue weighted by atomic mass is 14.4. The van der Waals surface area contributed by atoms with Gasteiger partial charge in [0.05, 0.1) is 0 Å². The zero-order valence-electron chi connectivity index (χ0n) is 8.65. The van der Waals surface area contributed by atoms with E-state index in [9.17, 15) is 0 Å². The zero-order valence-corrected chi connectivity index (χ0v) is 8.65. The van der Waals surface area contributed by atoms with Crippen LogP contribution in [0.5, 0.6) is 0 Å². The topological polar surface area (TPSA) is 0 Å². The first-order valence-electron chi connectivity index (χ1n) is 5.97. The minimum absolute atomic E-state index is 0.892. The quantitative estimate of drug-likeness (QED) is 0.504. The molecule has 0 amide bonds. The maximum atomic E-state index is 2.41. The molecule has 0 N–H and O–H groups in total. The van der Waals surface area contributed by atoms with Gasteiger partial charge in [0.25, 0.3) is 0 Å². The monoisotopic (exact) mass is 186 g/mol. The van der Waals surface area contributed by atoms with Crippen LogP contribution in [0.1, 0.15) is 32.1 Å². The van der Waals surface area contributed by atoms with Gasteiger partial charge < -0.3 is 0 Å². The molecule has 14 heavy (non-hydrogen) atoms. The average molecular weight is 186 g/mol. The number of hydrogen-bond acceptors (Lipinski definition) is 0. The summed E-state index contributed by atoms with van der Waals surface area (Å²) in [4.78, 5) is 0. The fraction of sp³-hybridized carbons (Fsp3) is 0.571. The van der Waals surface area contributed by atoms with E-state index >= 15 is 0 Å². The molecule has 3 unspecified atom stereocenters. The van der Waals surface area contributed by atoms with Crippen LogP contribution in [0.25, 0.3) is 0 Å². The van der Waals surface area contributed by atoms with Gasteiger partial charge >= 0.3 is 0 Å². The van der Waals surface area contributed by atoms with Crippen molar-refractivity contribution in [2.75, 3.05) is 0 Å². The van der Waals surface area contributed by atoms with Gasteiger partial charge in [-0.3, -0.25) is 0 Å².